The number of nitrogens with one attached hydrogen (secondary N) is 1. The lowest BCUT2D eigenvalue weighted by molar-refractivity contribution is 0.0297. The molecule has 0 spiro atoms. The van der Waals surface area contributed by atoms with E-state index < -0.39 is 45.7 Å². The lowest BCUT2D eigenvalue weighted by Gasteiger charge is -2.31. The summed E-state index contributed by atoms with van der Waals surface area (Å²) in [4.78, 5) is 12.2. The van der Waals surface area contributed by atoms with Gasteiger partial charge in [-0.05, 0) is 44.7 Å². The first-order valence-corrected chi connectivity index (χ1v) is 11.8. The Kier molecular flexibility index (Phi) is 7.45. The third-order valence-corrected chi connectivity index (χ3v) is 7.56. The number of hydrogen-bond donors (Lipinski definition) is 2. The SMILES string of the molecule is CC1(O)CCCN(S(=O)(=O)c2cc(C(=O)Nc3cc(F)c(F)c(F)c3)ccc2CF)CCC1. The smallest absolute Gasteiger partial charge is 0.255 e. The Morgan fingerprint density at radius 1 is 1.09 bits per heavy atom. The summed E-state index contributed by atoms with van der Waals surface area (Å²) in [5.41, 5.74) is -1.58. The molecule has 180 valence electrons. The number of carbonyl (C=O) groups is 1. The number of aliphatic hydroxyl groups is 1. The topological polar surface area (TPSA) is 86.7 Å². The van der Waals surface area contributed by atoms with E-state index >= 15 is 0 Å². The average molecular weight is 489 g/mol. The quantitative estimate of drug-likeness (QED) is 0.489. The van der Waals surface area contributed by atoms with E-state index in [4.69, 9.17) is 0 Å². The van der Waals surface area contributed by atoms with Crippen molar-refractivity contribution in [2.45, 2.75) is 49.8 Å². The average Bonchev–Trinajstić information content (AvgIpc) is 2.74. The number of alkyl halides is 1. The monoisotopic (exact) mass is 488 g/mol. The van der Waals surface area contributed by atoms with Crippen molar-refractivity contribution in [1.82, 2.24) is 4.31 Å². The number of benzene rings is 2. The molecule has 2 N–H and O–H groups in total. The van der Waals surface area contributed by atoms with Gasteiger partial charge in [-0.2, -0.15) is 4.31 Å². The van der Waals surface area contributed by atoms with Gasteiger partial charge in [0, 0.05) is 42.0 Å². The third kappa shape index (κ3) is 5.71. The van der Waals surface area contributed by atoms with Crippen molar-refractivity contribution in [1.29, 1.82) is 0 Å². The lowest BCUT2D eigenvalue weighted by Crippen LogP contribution is -2.38. The summed E-state index contributed by atoms with van der Waals surface area (Å²) in [5.74, 6) is -5.61. The Morgan fingerprint density at radius 2 is 1.67 bits per heavy atom. The molecule has 0 saturated carbocycles. The van der Waals surface area contributed by atoms with Crippen LogP contribution in [0.2, 0.25) is 0 Å². The Hall–Kier alpha value is -2.50. The van der Waals surface area contributed by atoms with E-state index in [1.807, 2.05) is 0 Å². The Labute approximate surface area is 189 Å². The Balaban J connectivity index is 1.89. The minimum Gasteiger partial charge on any atom is -0.390 e. The summed E-state index contributed by atoms with van der Waals surface area (Å²) in [6.07, 6.45) is 1.61. The van der Waals surface area contributed by atoms with E-state index in [-0.39, 0.29) is 34.8 Å². The van der Waals surface area contributed by atoms with Crippen molar-refractivity contribution in [3.05, 3.63) is 58.9 Å². The van der Waals surface area contributed by atoms with Gasteiger partial charge in [-0.15, -0.1) is 0 Å². The van der Waals surface area contributed by atoms with E-state index in [9.17, 15) is 35.9 Å². The number of anilines is 1. The Bertz CT molecular complexity index is 1120. The molecule has 0 unspecified atom stereocenters. The molecule has 1 fully saturated rings. The predicted octanol–water partition coefficient (Wildman–Crippen LogP) is 4.14. The maximum absolute atomic E-state index is 13.6. The second-order valence-electron chi connectivity index (χ2n) is 8.27. The van der Waals surface area contributed by atoms with Crippen molar-refractivity contribution < 1.29 is 35.9 Å². The van der Waals surface area contributed by atoms with Gasteiger partial charge in [0.25, 0.3) is 5.91 Å². The molecule has 0 atom stereocenters. The molecule has 0 aliphatic carbocycles. The van der Waals surface area contributed by atoms with E-state index in [0.29, 0.717) is 37.8 Å². The molecule has 0 radical (unpaired) electrons. The van der Waals surface area contributed by atoms with Crippen LogP contribution in [-0.2, 0) is 16.7 Å². The van der Waals surface area contributed by atoms with Crippen LogP contribution < -0.4 is 5.32 Å². The van der Waals surface area contributed by atoms with Gasteiger partial charge in [-0.3, -0.25) is 4.79 Å². The molecule has 2 aromatic rings. The maximum atomic E-state index is 13.6. The fourth-order valence-electron chi connectivity index (χ4n) is 3.77. The fraction of sp³-hybridized carbons (Fsp3) is 0.409. The third-order valence-electron chi connectivity index (χ3n) is 5.58. The summed E-state index contributed by atoms with van der Waals surface area (Å²) in [6.45, 7) is 0.843. The van der Waals surface area contributed by atoms with Crippen LogP contribution in [0.25, 0.3) is 0 Å². The number of nitrogens with zero attached hydrogens (tertiary/aromatic N) is 1. The van der Waals surface area contributed by atoms with Crippen LogP contribution in [0.5, 0.6) is 0 Å². The standard InChI is InChI=1S/C22H24F4N2O4S/c1-22(30)6-2-8-28(9-3-7-22)33(31,32)19-10-14(4-5-15(19)13-23)21(29)27-16-11-17(24)20(26)18(25)12-16/h4-5,10-12,30H,2-3,6-9,13H2,1H3,(H,27,29). The number of amides is 1. The van der Waals surface area contributed by atoms with Crippen molar-refractivity contribution in [3.63, 3.8) is 0 Å². The van der Waals surface area contributed by atoms with Gasteiger partial charge in [0.15, 0.2) is 17.5 Å². The number of carbonyl (C=O) groups excluding carboxylic acids is 1. The van der Waals surface area contributed by atoms with Crippen molar-refractivity contribution in [3.8, 4) is 0 Å². The fourth-order valence-corrected chi connectivity index (χ4v) is 5.51. The predicted molar refractivity (Wildman–Crippen MR) is 113 cm³/mol. The highest BCUT2D eigenvalue weighted by molar-refractivity contribution is 7.89. The molecule has 0 bridgehead atoms. The minimum absolute atomic E-state index is 0.120. The molecule has 6 nitrogen and oxygen atoms in total. The number of sulfonamides is 1. The molecular formula is C22H24F4N2O4S. The molecule has 1 heterocycles. The summed E-state index contributed by atoms with van der Waals surface area (Å²) in [7, 11) is -4.17. The van der Waals surface area contributed by atoms with E-state index in [1.54, 1.807) is 6.92 Å². The molecule has 0 aromatic heterocycles. The summed E-state index contributed by atoms with van der Waals surface area (Å²) in [6, 6.07) is 4.51. The van der Waals surface area contributed by atoms with Crippen LogP contribution in [0, 0.1) is 17.5 Å². The van der Waals surface area contributed by atoms with Gasteiger partial charge < -0.3 is 10.4 Å². The van der Waals surface area contributed by atoms with E-state index in [0.717, 1.165) is 12.1 Å². The normalized spacial score (nSPS) is 17.3. The first kappa shape index (κ1) is 25.1. The molecule has 1 amide bonds. The molecule has 1 aliphatic rings. The summed E-state index contributed by atoms with van der Waals surface area (Å²) < 4.78 is 81.3. The van der Waals surface area contributed by atoms with Crippen molar-refractivity contribution >= 4 is 21.6 Å². The molecule has 3 rings (SSSR count). The van der Waals surface area contributed by atoms with Crippen LogP contribution in [0.1, 0.15) is 48.5 Å². The first-order chi connectivity index (χ1) is 15.4. The highest BCUT2D eigenvalue weighted by atomic mass is 32.2. The second-order valence-corrected chi connectivity index (χ2v) is 10.2. The van der Waals surface area contributed by atoms with Gasteiger partial charge in [0.2, 0.25) is 10.0 Å². The number of halogens is 4. The maximum Gasteiger partial charge on any atom is 0.255 e. The molecule has 1 aliphatic heterocycles. The highest BCUT2D eigenvalue weighted by Gasteiger charge is 2.31. The van der Waals surface area contributed by atoms with Gasteiger partial charge in [0.05, 0.1) is 10.5 Å². The van der Waals surface area contributed by atoms with Crippen molar-refractivity contribution in [2.75, 3.05) is 18.4 Å². The zero-order valence-corrected chi connectivity index (χ0v) is 18.7. The largest absolute Gasteiger partial charge is 0.390 e. The first-order valence-electron chi connectivity index (χ1n) is 10.3. The molecule has 33 heavy (non-hydrogen) atoms. The molecular weight excluding hydrogens is 464 g/mol. The van der Waals surface area contributed by atoms with E-state index in [1.165, 1.54) is 10.4 Å². The van der Waals surface area contributed by atoms with Gasteiger partial charge >= 0.3 is 0 Å². The number of rotatable bonds is 5. The van der Waals surface area contributed by atoms with Gasteiger partial charge in [-0.25, -0.2) is 26.0 Å². The van der Waals surface area contributed by atoms with Crippen molar-refractivity contribution in [2.24, 2.45) is 0 Å². The molecule has 2 aromatic carbocycles. The van der Waals surface area contributed by atoms with Gasteiger partial charge in [0.1, 0.15) is 6.67 Å². The van der Waals surface area contributed by atoms with Gasteiger partial charge in [-0.1, -0.05) is 6.07 Å². The highest BCUT2D eigenvalue weighted by Crippen LogP contribution is 2.28. The van der Waals surface area contributed by atoms with E-state index in [2.05, 4.69) is 5.32 Å². The van der Waals surface area contributed by atoms with Crippen LogP contribution in [0.4, 0.5) is 23.2 Å². The minimum atomic E-state index is -4.17. The lowest BCUT2D eigenvalue weighted by atomic mass is 9.93. The number of hydrogen-bond acceptors (Lipinski definition) is 4. The van der Waals surface area contributed by atoms with Crippen LogP contribution in [-0.4, -0.2) is 42.4 Å². The second kappa shape index (κ2) is 9.78. The molecule has 11 heteroatoms. The van der Waals surface area contributed by atoms with Crippen LogP contribution in [0.3, 0.4) is 0 Å². The van der Waals surface area contributed by atoms with Crippen LogP contribution in [0.15, 0.2) is 35.2 Å². The Morgan fingerprint density at radius 3 is 2.21 bits per heavy atom. The summed E-state index contributed by atoms with van der Waals surface area (Å²) in [5, 5.41) is 12.4. The zero-order valence-electron chi connectivity index (χ0n) is 17.9. The van der Waals surface area contributed by atoms with Crippen LogP contribution >= 0.6 is 0 Å². The summed E-state index contributed by atoms with van der Waals surface area (Å²) >= 11 is 0. The zero-order chi connectivity index (χ0) is 24.4. The molecule has 1 saturated heterocycles.